The van der Waals surface area contributed by atoms with Crippen molar-refractivity contribution in [2.24, 2.45) is 0 Å². The molecule has 2 saturated heterocycles. The molecule has 190 valence electrons. The number of amides is 1. The Morgan fingerprint density at radius 3 is 2.74 bits per heavy atom. The van der Waals surface area contributed by atoms with Gasteiger partial charge in [-0.1, -0.05) is 12.1 Å². The second-order valence-electron chi connectivity index (χ2n) is 9.81. The van der Waals surface area contributed by atoms with Crippen LogP contribution in [0.25, 0.3) is 0 Å². The van der Waals surface area contributed by atoms with Crippen molar-refractivity contribution in [1.82, 2.24) is 20.2 Å². The molecule has 0 radical (unpaired) electrons. The normalized spacial score (nSPS) is 20.4. The summed E-state index contributed by atoms with van der Waals surface area (Å²) in [5.74, 6) is 2.81. The number of piperidine rings is 1. The number of likely N-dealkylation sites (tertiary alicyclic amines) is 1. The monoisotopic (exact) mass is 482 g/mol. The average molecular weight is 483 g/mol. The van der Waals surface area contributed by atoms with Gasteiger partial charge in [0.25, 0.3) is 0 Å². The maximum absolute atomic E-state index is 11.7. The van der Waals surface area contributed by atoms with Crippen LogP contribution in [0.15, 0.2) is 36.7 Å². The van der Waals surface area contributed by atoms with Gasteiger partial charge in [-0.25, -0.2) is 9.97 Å². The quantitative estimate of drug-likeness (QED) is 0.470. The Labute approximate surface area is 208 Å². The fraction of sp³-hybridized carbons (Fsp3) is 0.577. The minimum atomic E-state index is -0.804. The van der Waals surface area contributed by atoms with Crippen molar-refractivity contribution in [3.8, 4) is 5.75 Å². The fourth-order valence-electron chi connectivity index (χ4n) is 4.74. The number of β-amino-alcohol motifs (C(OH)–C–C–N with tert-alkyl or cyclic N) is 1. The number of ether oxygens (including phenoxy) is 1. The van der Waals surface area contributed by atoms with E-state index in [1.54, 1.807) is 6.33 Å². The van der Waals surface area contributed by atoms with Crippen molar-refractivity contribution < 1.29 is 14.6 Å². The minimum Gasteiger partial charge on any atom is -0.494 e. The Morgan fingerprint density at radius 1 is 1.17 bits per heavy atom. The van der Waals surface area contributed by atoms with Crippen LogP contribution in [0, 0.1) is 0 Å². The third-order valence-electron chi connectivity index (χ3n) is 6.69. The molecule has 1 aromatic heterocycles. The van der Waals surface area contributed by atoms with E-state index < -0.39 is 5.60 Å². The second-order valence-corrected chi connectivity index (χ2v) is 9.81. The van der Waals surface area contributed by atoms with Crippen molar-refractivity contribution in [3.05, 3.63) is 42.2 Å². The number of aliphatic hydroxyl groups is 1. The molecule has 0 aliphatic carbocycles. The largest absolute Gasteiger partial charge is 0.494 e. The van der Waals surface area contributed by atoms with E-state index in [-0.39, 0.29) is 5.91 Å². The molecular weight excluding hydrogens is 444 g/mol. The zero-order valence-corrected chi connectivity index (χ0v) is 20.9. The lowest BCUT2D eigenvalue weighted by Crippen LogP contribution is -2.53. The smallest absolute Gasteiger partial charge is 0.222 e. The number of anilines is 2. The first-order valence-electron chi connectivity index (χ1n) is 12.6. The molecule has 2 aliphatic rings. The molecule has 0 saturated carbocycles. The number of rotatable bonds is 11. The van der Waals surface area contributed by atoms with Gasteiger partial charge in [-0.05, 0) is 43.4 Å². The van der Waals surface area contributed by atoms with Gasteiger partial charge in [-0.2, -0.15) is 0 Å². The van der Waals surface area contributed by atoms with Gasteiger partial charge in [-0.15, -0.1) is 0 Å². The zero-order chi connectivity index (χ0) is 24.7. The van der Waals surface area contributed by atoms with E-state index in [9.17, 15) is 9.90 Å². The van der Waals surface area contributed by atoms with Gasteiger partial charge in [0.2, 0.25) is 5.91 Å². The van der Waals surface area contributed by atoms with Gasteiger partial charge >= 0.3 is 0 Å². The summed E-state index contributed by atoms with van der Waals surface area (Å²) >= 11 is 0. The van der Waals surface area contributed by atoms with E-state index in [2.05, 4.69) is 20.2 Å². The maximum Gasteiger partial charge on any atom is 0.222 e. The Balaban J connectivity index is 1.19. The molecule has 3 heterocycles. The number of aromatic nitrogens is 2. The molecule has 2 N–H and O–H groups in total. The summed E-state index contributed by atoms with van der Waals surface area (Å²) in [7, 11) is 3.92. The molecule has 9 nitrogen and oxygen atoms in total. The summed E-state index contributed by atoms with van der Waals surface area (Å²) in [4.78, 5) is 26.4. The lowest BCUT2D eigenvalue weighted by molar-refractivity contribution is -0.127. The molecule has 1 unspecified atom stereocenters. The Kier molecular flexibility index (Phi) is 8.41. The number of carbonyl (C=O) groups is 1. The average Bonchev–Trinajstić information content (AvgIpc) is 3.27. The molecule has 0 spiro atoms. The van der Waals surface area contributed by atoms with E-state index in [1.165, 1.54) is 0 Å². The van der Waals surface area contributed by atoms with E-state index in [4.69, 9.17) is 4.74 Å². The van der Waals surface area contributed by atoms with Crippen LogP contribution in [0.4, 0.5) is 11.6 Å². The first kappa shape index (κ1) is 25.2. The van der Waals surface area contributed by atoms with Crippen LogP contribution in [-0.4, -0.2) is 84.9 Å². The molecule has 2 fully saturated rings. The van der Waals surface area contributed by atoms with Crippen LogP contribution in [0.5, 0.6) is 5.75 Å². The molecule has 35 heavy (non-hydrogen) atoms. The highest BCUT2D eigenvalue weighted by Gasteiger charge is 2.33. The number of nitrogens with zero attached hydrogens (tertiary/aromatic N) is 5. The van der Waals surface area contributed by atoms with Crippen LogP contribution < -0.4 is 19.9 Å². The molecule has 1 atom stereocenters. The second kappa shape index (κ2) is 11.7. The van der Waals surface area contributed by atoms with Gasteiger partial charge in [0.05, 0.1) is 12.2 Å². The summed E-state index contributed by atoms with van der Waals surface area (Å²) in [5.41, 5.74) is 0.337. The summed E-state index contributed by atoms with van der Waals surface area (Å²) in [6, 6.07) is 10.0. The number of carbonyl (C=O) groups excluding carboxylic acids is 1. The molecule has 9 heteroatoms. The number of benzene rings is 1. The summed E-state index contributed by atoms with van der Waals surface area (Å²) in [6.07, 6.45) is 5.76. The molecule has 1 aromatic carbocycles. The fourth-order valence-corrected chi connectivity index (χ4v) is 4.74. The van der Waals surface area contributed by atoms with Crippen LogP contribution in [0.1, 0.15) is 37.7 Å². The van der Waals surface area contributed by atoms with Crippen molar-refractivity contribution >= 4 is 17.5 Å². The summed E-state index contributed by atoms with van der Waals surface area (Å²) < 4.78 is 5.83. The maximum atomic E-state index is 11.7. The molecule has 0 bridgehead atoms. The topological polar surface area (TPSA) is 94.1 Å². The molecule has 2 aliphatic heterocycles. The van der Waals surface area contributed by atoms with Gasteiger partial charge < -0.3 is 29.9 Å². The lowest BCUT2D eigenvalue weighted by atomic mass is 9.92. The standard InChI is InChI=1S/C26H38N6O3/c1-30(2)23-16-24(29-20-28-23)32-13-4-11-26(34,19-32)18-27-17-21-7-9-22(10-8-21)35-15-5-14-31-12-3-6-25(31)33/h7-10,16,20,27,34H,3-6,11-15,17-19H2,1-2H3. The Hall–Kier alpha value is -2.91. The summed E-state index contributed by atoms with van der Waals surface area (Å²) in [5, 5.41) is 14.6. The highest BCUT2D eigenvalue weighted by Crippen LogP contribution is 2.26. The molecule has 1 amide bonds. The minimum absolute atomic E-state index is 0.264. The number of nitrogens with one attached hydrogen (secondary N) is 1. The van der Waals surface area contributed by atoms with Crippen LogP contribution in [0.2, 0.25) is 0 Å². The van der Waals surface area contributed by atoms with Gasteiger partial charge in [-0.3, -0.25) is 4.79 Å². The van der Waals surface area contributed by atoms with E-state index in [1.807, 2.05) is 54.2 Å². The van der Waals surface area contributed by atoms with Crippen LogP contribution >= 0.6 is 0 Å². The predicted molar refractivity (Wildman–Crippen MR) is 137 cm³/mol. The van der Waals surface area contributed by atoms with Crippen LogP contribution in [0.3, 0.4) is 0 Å². The van der Waals surface area contributed by atoms with Crippen molar-refractivity contribution in [3.63, 3.8) is 0 Å². The third-order valence-corrected chi connectivity index (χ3v) is 6.69. The first-order chi connectivity index (χ1) is 16.9. The Bertz CT molecular complexity index is 970. The lowest BCUT2D eigenvalue weighted by Gasteiger charge is -2.40. The highest BCUT2D eigenvalue weighted by atomic mass is 16.5. The SMILES string of the molecule is CN(C)c1cc(N2CCCC(O)(CNCc3ccc(OCCCN4CCCC4=O)cc3)C2)ncn1. The molecule has 2 aromatic rings. The van der Waals surface area contributed by atoms with Crippen molar-refractivity contribution in [2.45, 2.75) is 44.2 Å². The van der Waals surface area contributed by atoms with Gasteiger partial charge in [0.15, 0.2) is 0 Å². The van der Waals surface area contributed by atoms with Crippen molar-refractivity contribution in [1.29, 1.82) is 0 Å². The van der Waals surface area contributed by atoms with Gasteiger partial charge in [0, 0.05) is 65.9 Å². The zero-order valence-electron chi connectivity index (χ0n) is 20.9. The van der Waals surface area contributed by atoms with E-state index >= 15 is 0 Å². The Morgan fingerprint density at radius 2 is 2.00 bits per heavy atom. The first-order valence-corrected chi connectivity index (χ1v) is 12.6. The number of hydrogen-bond donors (Lipinski definition) is 2. The molecular formula is C26H38N6O3. The molecule has 4 rings (SSSR count). The third kappa shape index (κ3) is 7.05. The van der Waals surface area contributed by atoms with Gasteiger partial charge in [0.1, 0.15) is 23.7 Å². The van der Waals surface area contributed by atoms with Crippen LogP contribution in [-0.2, 0) is 11.3 Å². The summed E-state index contributed by atoms with van der Waals surface area (Å²) in [6.45, 7) is 4.87. The van der Waals surface area contributed by atoms with E-state index in [0.717, 1.165) is 68.3 Å². The predicted octanol–water partition coefficient (Wildman–Crippen LogP) is 2.05. The highest BCUT2D eigenvalue weighted by molar-refractivity contribution is 5.78. The van der Waals surface area contributed by atoms with E-state index in [0.29, 0.717) is 32.7 Å². The number of hydrogen-bond acceptors (Lipinski definition) is 8. The van der Waals surface area contributed by atoms with Crippen molar-refractivity contribution in [2.75, 3.05) is 63.2 Å².